The quantitative estimate of drug-likeness (QED) is 0.324. The lowest BCUT2D eigenvalue weighted by molar-refractivity contribution is 0.0635. The molecule has 0 fully saturated rings. The molecule has 3 N–H and O–H groups in total. The minimum absolute atomic E-state index is 0.379. The van der Waals surface area contributed by atoms with E-state index in [1.165, 1.54) is 0 Å². The number of carbonyl (C=O) groups is 1. The van der Waals surface area contributed by atoms with Crippen molar-refractivity contribution in [1.82, 2.24) is 19.5 Å². The maximum absolute atomic E-state index is 12.2. The van der Waals surface area contributed by atoms with Gasteiger partial charge in [0, 0.05) is 6.20 Å². The number of hydrogen-bond donors (Lipinski definition) is 2. The first kappa shape index (κ1) is 23.0. The van der Waals surface area contributed by atoms with Gasteiger partial charge in [-0.15, -0.1) is 0 Å². The van der Waals surface area contributed by atoms with Gasteiger partial charge >= 0.3 is 6.09 Å². The van der Waals surface area contributed by atoms with E-state index < -0.39 is 11.7 Å². The Balaban J connectivity index is 1.61. The van der Waals surface area contributed by atoms with E-state index in [0.717, 1.165) is 27.8 Å². The smallest absolute Gasteiger partial charge is 0.413 e. The Morgan fingerprint density at radius 2 is 1.75 bits per heavy atom. The van der Waals surface area contributed by atoms with E-state index in [4.69, 9.17) is 15.5 Å². The number of carbonyl (C=O) groups excluding carboxylic acids is 1. The fourth-order valence-corrected chi connectivity index (χ4v) is 3.93. The third kappa shape index (κ3) is 4.74. The Bertz CT molecular complexity index is 1540. The molecule has 36 heavy (non-hydrogen) atoms. The van der Waals surface area contributed by atoms with Crippen LogP contribution in [0, 0.1) is 0 Å². The zero-order valence-electron chi connectivity index (χ0n) is 20.3. The van der Waals surface area contributed by atoms with Crippen LogP contribution in [0.25, 0.3) is 39.2 Å². The van der Waals surface area contributed by atoms with Crippen LogP contribution in [0.15, 0.2) is 85.2 Å². The molecule has 0 bridgehead atoms. The molecular weight excluding hydrogens is 452 g/mol. The molecule has 0 saturated carbocycles. The first-order valence-electron chi connectivity index (χ1n) is 11.5. The van der Waals surface area contributed by atoms with Crippen LogP contribution in [0.2, 0.25) is 0 Å². The van der Waals surface area contributed by atoms with Crippen molar-refractivity contribution in [3.8, 4) is 28.2 Å². The van der Waals surface area contributed by atoms with Gasteiger partial charge in [0.1, 0.15) is 23.1 Å². The molecule has 3 heterocycles. The molecule has 0 aliphatic heterocycles. The van der Waals surface area contributed by atoms with Crippen LogP contribution in [0.1, 0.15) is 20.8 Å². The molecule has 0 unspecified atom stereocenters. The largest absolute Gasteiger partial charge is 0.444 e. The second kappa shape index (κ2) is 9.14. The summed E-state index contributed by atoms with van der Waals surface area (Å²) in [5, 5.41) is 2.67. The zero-order chi connectivity index (χ0) is 25.3. The summed E-state index contributed by atoms with van der Waals surface area (Å²) in [4.78, 5) is 25.7. The SMILES string of the molecule is CC(C)(C)OC(=O)Nc1ccc(-n2c(-c3cccnc3N)nc3ccc(-c4ccccc4)cc32)cn1. The highest BCUT2D eigenvalue weighted by Gasteiger charge is 2.19. The Hall–Kier alpha value is -4.72. The summed E-state index contributed by atoms with van der Waals surface area (Å²) in [7, 11) is 0. The molecule has 180 valence electrons. The van der Waals surface area contributed by atoms with Gasteiger partial charge in [-0.2, -0.15) is 0 Å². The molecule has 2 aromatic carbocycles. The number of fused-ring (bicyclic) bond motifs is 1. The van der Waals surface area contributed by atoms with E-state index in [1.54, 1.807) is 18.5 Å². The van der Waals surface area contributed by atoms with E-state index in [1.807, 2.05) is 67.8 Å². The van der Waals surface area contributed by atoms with Crippen molar-refractivity contribution >= 4 is 28.8 Å². The summed E-state index contributed by atoms with van der Waals surface area (Å²) in [5.74, 6) is 1.41. The number of rotatable bonds is 4. The van der Waals surface area contributed by atoms with E-state index in [9.17, 15) is 4.79 Å². The van der Waals surface area contributed by atoms with Crippen molar-refractivity contribution in [2.24, 2.45) is 0 Å². The number of nitrogen functional groups attached to an aromatic ring is 1. The summed E-state index contributed by atoms with van der Waals surface area (Å²) >= 11 is 0. The molecule has 3 aromatic heterocycles. The maximum Gasteiger partial charge on any atom is 0.413 e. The van der Waals surface area contributed by atoms with Gasteiger partial charge in [-0.05, 0) is 68.3 Å². The maximum atomic E-state index is 12.2. The van der Waals surface area contributed by atoms with Gasteiger partial charge in [-0.3, -0.25) is 9.88 Å². The van der Waals surface area contributed by atoms with Gasteiger partial charge in [0.15, 0.2) is 0 Å². The monoisotopic (exact) mass is 478 g/mol. The lowest BCUT2D eigenvalue weighted by Crippen LogP contribution is -2.27. The molecule has 0 radical (unpaired) electrons. The van der Waals surface area contributed by atoms with Crippen molar-refractivity contribution in [2.75, 3.05) is 11.1 Å². The topological polar surface area (TPSA) is 108 Å². The highest BCUT2D eigenvalue weighted by atomic mass is 16.6. The van der Waals surface area contributed by atoms with Gasteiger partial charge in [-0.25, -0.2) is 19.7 Å². The van der Waals surface area contributed by atoms with Crippen LogP contribution in [0.3, 0.4) is 0 Å². The third-order valence-corrected chi connectivity index (χ3v) is 5.48. The molecule has 0 atom stereocenters. The zero-order valence-corrected chi connectivity index (χ0v) is 20.3. The average Bonchev–Trinajstić information content (AvgIpc) is 3.22. The number of nitrogens with two attached hydrogens (primary N) is 1. The third-order valence-electron chi connectivity index (χ3n) is 5.48. The van der Waals surface area contributed by atoms with Gasteiger partial charge in [-0.1, -0.05) is 36.4 Å². The Morgan fingerprint density at radius 1 is 0.944 bits per heavy atom. The van der Waals surface area contributed by atoms with Crippen LogP contribution in [0.4, 0.5) is 16.4 Å². The number of nitrogens with one attached hydrogen (secondary N) is 1. The summed E-state index contributed by atoms with van der Waals surface area (Å²) < 4.78 is 7.32. The fourth-order valence-electron chi connectivity index (χ4n) is 3.93. The Kier molecular flexibility index (Phi) is 5.85. The van der Waals surface area contributed by atoms with Crippen LogP contribution >= 0.6 is 0 Å². The van der Waals surface area contributed by atoms with Crippen LogP contribution < -0.4 is 11.1 Å². The highest BCUT2D eigenvalue weighted by molar-refractivity contribution is 5.89. The van der Waals surface area contributed by atoms with Crippen molar-refractivity contribution < 1.29 is 9.53 Å². The predicted octanol–water partition coefficient (Wildman–Crippen LogP) is 6.08. The lowest BCUT2D eigenvalue weighted by Gasteiger charge is -2.19. The molecular formula is C28H26N6O2. The molecule has 5 rings (SSSR count). The van der Waals surface area contributed by atoms with Crippen LogP contribution in [0.5, 0.6) is 0 Å². The molecule has 0 saturated heterocycles. The lowest BCUT2D eigenvalue weighted by atomic mass is 10.1. The van der Waals surface area contributed by atoms with E-state index >= 15 is 0 Å². The first-order chi connectivity index (χ1) is 17.3. The molecule has 0 spiro atoms. The normalized spacial score (nSPS) is 11.4. The van der Waals surface area contributed by atoms with E-state index in [0.29, 0.717) is 23.0 Å². The number of imidazole rings is 1. The highest BCUT2D eigenvalue weighted by Crippen LogP contribution is 2.33. The van der Waals surface area contributed by atoms with E-state index in [2.05, 4.69) is 39.6 Å². The predicted molar refractivity (Wildman–Crippen MR) is 142 cm³/mol. The molecule has 8 heteroatoms. The summed E-state index contributed by atoms with van der Waals surface area (Å²) in [6.45, 7) is 5.42. The van der Waals surface area contributed by atoms with Gasteiger partial charge in [0.05, 0.1) is 28.5 Å². The van der Waals surface area contributed by atoms with Crippen LogP contribution in [-0.4, -0.2) is 31.2 Å². The number of ether oxygens (including phenoxy) is 1. The van der Waals surface area contributed by atoms with Crippen molar-refractivity contribution in [1.29, 1.82) is 0 Å². The Labute approximate surface area is 208 Å². The number of benzene rings is 2. The standard InChI is InChI=1S/C28H26N6O2/c1-28(2,3)36-27(35)33-24-14-12-20(17-31-24)34-23-16-19(18-8-5-4-6-9-18)11-13-22(23)32-26(34)21-10-7-15-30-25(21)29/h4-17H,1-3H3,(H2,29,30)(H,31,33,35). The number of amides is 1. The number of pyridine rings is 2. The number of nitrogens with zero attached hydrogens (tertiary/aromatic N) is 4. The van der Waals surface area contributed by atoms with Crippen molar-refractivity contribution in [2.45, 2.75) is 26.4 Å². The fraction of sp³-hybridized carbons (Fsp3) is 0.143. The van der Waals surface area contributed by atoms with Crippen molar-refractivity contribution in [3.63, 3.8) is 0 Å². The molecule has 1 amide bonds. The molecule has 0 aliphatic carbocycles. The van der Waals surface area contributed by atoms with Crippen LogP contribution in [-0.2, 0) is 4.74 Å². The van der Waals surface area contributed by atoms with Gasteiger partial charge in [0.25, 0.3) is 0 Å². The van der Waals surface area contributed by atoms with E-state index in [-0.39, 0.29) is 0 Å². The van der Waals surface area contributed by atoms with Gasteiger partial charge < -0.3 is 10.5 Å². The number of aromatic nitrogens is 4. The first-order valence-corrected chi connectivity index (χ1v) is 11.5. The minimum Gasteiger partial charge on any atom is -0.444 e. The molecule has 8 nitrogen and oxygen atoms in total. The molecule has 0 aliphatic rings. The van der Waals surface area contributed by atoms with Crippen molar-refractivity contribution in [3.05, 3.63) is 85.2 Å². The van der Waals surface area contributed by atoms with Gasteiger partial charge in [0.2, 0.25) is 0 Å². The number of anilines is 2. The minimum atomic E-state index is -0.602. The summed E-state index contributed by atoms with van der Waals surface area (Å²) in [6.07, 6.45) is 2.77. The second-order valence-electron chi connectivity index (χ2n) is 9.31. The number of hydrogen-bond acceptors (Lipinski definition) is 6. The Morgan fingerprint density at radius 3 is 2.44 bits per heavy atom. The summed E-state index contributed by atoms with van der Waals surface area (Å²) in [6, 6.07) is 23.6. The summed E-state index contributed by atoms with van der Waals surface area (Å²) in [5.41, 5.74) is 11.0. The second-order valence-corrected chi connectivity index (χ2v) is 9.31. The average molecular weight is 479 g/mol. The molecule has 5 aromatic rings.